The molecular weight excluding hydrogens is 304 g/mol. The Morgan fingerprint density at radius 3 is 2.50 bits per heavy atom. The van der Waals surface area contributed by atoms with Gasteiger partial charge in [0.25, 0.3) is 0 Å². The lowest BCUT2D eigenvalue weighted by molar-refractivity contribution is 0.248. The van der Waals surface area contributed by atoms with Gasteiger partial charge < -0.3 is 14.6 Å². The third kappa shape index (κ3) is 2.55. The Bertz CT molecular complexity index is 983. The molecule has 2 aromatic carbocycles. The van der Waals surface area contributed by atoms with Gasteiger partial charge in [0.2, 0.25) is 0 Å². The Labute approximate surface area is 138 Å². The summed E-state index contributed by atoms with van der Waals surface area (Å²) < 4.78 is 7.56. The molecule has 0 aliphatic heterocycles. The van der Waals surface area contributed by atoms with Gasteiger partial charge in [0.15, 0.2) is 5.76 Å². The SMILES string of the molecule is OCc1ccc(-c2nn(Cc3ccc(O)cc3)c3ccccc23)o1. The molecule has 0 radical (unpaired) electrons. The van der Waals surface area contributed by atoms with Gasteiger partial charge in [0, 0.05) is 5.39 Å². The molecule has 2 aromatic heterocycles. The number of phenols is 1. The van der Waals surface area contributed by atoms with Crippen LogP contribution < -0.4 is 0 Å². The van der Waals surface area contributed by atoms with E-state index in [1.54, 1.807) is 18.2 Å². The van der Waals surface area contributed by atoms with Crippen LogP contribution in [0.25, 0.3) is 22.4 Å². The fourth-order valence-electron chi connectivity index (χ4n) is 2.79. The number of rotatable bonds is 4. The minimum atomic E-state index is -0.133. The number of aliphatic hydroxyl groups is 1. The molecule has 24 heavy (non-hydrogen) atoms. The van der Waals surface area contributed by atoms with Gasteiger partial charge in [-0.15, -0.1) is 0 Å². The number of fused-ring (bicyclic) bond motifs is 1. The van der Waals surface area contributed by atoms with E-state index in [9.17, 15) is 10.2 Å². The number of furan rings is 1. The van der Waals surface area contributed by atoms with Crippen LogP contribution in [0, 0.1) is 0 Å². The summed E-state index contributed by atoms with van der Waals surface area (Å²) in [5.41, 5.74) is 2.80. The highest BCUT2D eigenvalue weighted by Crippen LogP contribution is 2.29. The van der Waals surface area contributed by atoms with Crippen molar-refractivity contribution in [2.45, 2.75) is 13.2 Å². The maximum Gasteiger partial charge on any atom is 0.155 e. The van der Waals surface area contributed by atoms with Gasteiger partial charge in [-0.05, 0) is 35.9 Å². The standard InChI is InChI=1S/C19H16N2O3/c22-12-15-9-10-18(24-15)19-16-3-1-2-4-17(16)21(20-19)11-13-5-7-14(23)8-6-13/h1-10,22-23H,11-12H2. The van der Waals surface area contributed by atoms with Crippen molar-refractivity contribution >= 4 is 10.9 Å². The Kier molecular flexibility index (Phi) is 3.55. The van der Waals surface area contributed by atoms with Crippen molar-refractivity contribution in [3.63, 3.8) is 0 Å². The van der Waals surface area contributed by atoms with E-state index < -0.39 is 0 Å². The minimum Gasteiger partial charge on any atom is -0.508 e. The van der Waals surface area contributed by atoms with Crippen LogP contribution in [0.4, 0.5) is 0 Å². The Morgan fingerprint density at radius 1 is 0.958 bits per heavy atom. The van der Waals surface area contributed by atoms with Crippen molar-refractivity contribution in [2.75, 3.05) is 0 Å². The molecule has 0 saturated heterocycles. The average molecular weight is 320 g/mol. The third-order valence-electron chi connectivity index (χ3n) is 3.98. The predicted molar refractivity (Wildman–Crippen MR) is 90.6 cm³/mol. The summed E-state index contributed by atoms with van der Waals surface area (Å²) in [5.74, 6) is 1.40. The molecule has 0 bridgehead atoms. The van der Waals surface area contributed by atoms with Gasteiger partial charge in [0.1, 0.15) is 23.8 Å². The third-order valence-corrected chi connectivity index (χ3v) is 3.98. The van der Waals surface area contributed by atoms with Gasteiger partial charge >= 0.3 is 0 Å². The predicted octanol–water partition coefficient (Wildman–Crippen LogP) is 3.54. The van der Waals surface area contributed by atoms with E-state index in [2.05, 4.69) is 0 Å². The zero-order valence-electron chi connectivity index (χ0n) is 12.9. The molecule has 0 aliphatic carbocycles. The molecule has 2 heterocycles. The highest BCUT2D eigenvalue weighted by Gasteiger charge is 2.15. The second-order valence-corrected chi connectivity index (χ2v) is 5.61. The number of nitrogens with zero attached hydrogens (tertiary/aromatic N) is 2. The summed E-state index contributed by atoms with van der Waals surface area (Å²) in [6, 6.07) is 18.6. The number of phenolic OH excluding ortho intramolecular Hbond substituents is 1. The fraction of sp³-hybridized carbons (Fsp3) is 0.105. The maximum absolute atomic E-state index is 9.42. The number of aliphatic hydroxyl groups excluding tert-OH is 1. The zero-order chi connectivity index (χ0) is 16.5. The minimum absolute atomic E-state index is 0.133. The lowest BCUT2D eigenvalue weighted by Gasteiger charge is -2.04. The fourth-order valence-corrected chi connectivity index (χ4v) is 2.79. The topological polar surface area (TPSA) is 71.4 Å². The molecule has 2 N–H and O–H groups in total. The van der Waals surface area contributed by atoms with Crippen molar-refractivity contribution < 1.29 is 14.6 Å². The normalized spacial score (nSPS) is 11.2. The van der Waals surface area contributed by atoms with Crippen molar-refractivity contribution in [1.29, 1.82) is 0 Å². The second-order valence-electron chi connectivity index (χ2n) is 5.61. The van der Waals surface area contributed by atoms with Crippen molar-refractivity contribution in [2.24, 2.45) is 0 Å². The van der Waals surface area contributed by atoms with Crippen LogP contribution in [0.3, 0.4) is 0 Å². The molecule has 0 aliphatic rings. The summed E-state index contributed by atoms with van der Waals surface area (Å²) in [4.78, 5) is 0. The molecule has 0 saturated carbocycles. The first kappa shape index (κ1) is 14.5. The van der Waals surface area contributed by atoms with E-state index in [0.29, 0.717) is 18.1 Å². The van der Waals surface area contributed by atoms with Gasteiger partial charge in [-0.1, -0.05) is 30.3 Å². The van der Waals surface area contributed by atoms with Crippen LogP contribution in [0.1, 0.15) is 11.3 Å². The highest BCUT2D eigenvalue weighted by atomic mass is 16.4. The van der Waals surface area contributed by atoms with Gasteiger partial charge in [-0.25, -0.2) is 0 Å². The Hall–Kier alpha value is -3.05. The summed E-state index contributed by atoms with van der Waals surface area (Å²) in [6.45, 7) is 0.459. The van der Waals surface area contributed by atoms with Crippen LogP contribution in [0.2, 0.25) is 0 Å². The van der Waals surface area contributed by atoms with E-state index in [0.717, 1.165) is 22.2 Å². The first-order valence-corrected chi connectivity index (χ1v) is 7.68. The average Bonchev–Trinajstić information content (AvgIpc) is 3.22. The number of aromatic nitrogens is 2. The van der Waals surface area contributed by atoms with Crippen LogP contribution in [-0.4, -0.2) is 20.0 Å². The quantitative estimate of drug-likeness (QED) is 0.603. The van der Waals surface area contributed by atoms with E-state index in [1.165, 1.54) is 0 Å². The molecule has 4 aromatic rings. The van der Waals surface area contributed by atoms with Crippen LogP contribution in [-0.2, 0) is 13.2 Å². The van der Waals surface area contributed by atoms with Crippen molar-refractivity contribution in [3.8, 4) is 17.2 Å². The number of aromatic hydroxyl groups is 1. The van der Waals surface area contributed by atoms with Gasteiger partial charge in [0.05, 0.1) is 12.1 Å². The molecular formula is C19H16N2O3. The Balaban J connectivity index is 1.80. The van der Waals surface area contributed by atoms with Crippen molar-refractivity contribution in [1.82, 2.24) is 9.78 Å². The molecule has 5 nitrogen and oxygen atoms in total. The monoisotopic (exact) mass is 320 g/mol. The summed E-state index contributed by atoms with van der Waals surface area (Å²) in [5, 5.41) is 24.3. The second kappa shape index (κ2) is 5.86. The van der Waals surface area contributed by atoms with E-state index in [1.807, 2.05) is 47.1 Å². The van der Waals surface area contributed by atoms with Crippen LogP contribution in [0.15, 0.2) is 65.1 Å². The van der Waals surface area contributed by atoms with E-state index in [-0.39, 0.29) is 12.4 Å². The molecule has 0 spiro atoms. The first-order valence-electron chi connectivity index (χ1n) is 7.68. The van der Waals surface area contributed by atoms with Crippen LogP contribution in [0.5, 0.6) is 5.75 Å². The lowest BCUT2D eigenvalue weighted by atomic mass is 10.2. The first-order chi connectivity index (χ1) is 11.7. The lowest BCUT2D eigenvalue weighted by Crippen LogP contribution is -2.01. The van der Waals surface area contributed by atoms with Gasteiger partial charge in [-0.3, -0.25) is 4.68 Å². The molecule has 0 unspecified atom stereocenters. The molecule has 0 amide bonds. The molecule has 4 rings (SSSR count). The number of hydrogen-bond acceptors (Lipinski definition) is 4. The number of hydrogen-bond donors (Lipinski definition) is 2. The maximum atomic E-state index is 9.42. The zero-order valence-corrected chi connectivity index (χ0v) is 12.9. The molecule has 120 valence electrons. The summed E-state index contributed by atoms with van der Waals surface area (Å²) >= 11 is 0. The molecule has 0 atom stereocenters. The van der Waals surface area contributed by atoms with Crippen molar-refractivity contribution in [3.05, 3.63) is 72.0 Å². The molecule has 5 heteroatoms. The summed E-state index contributed by atoms with van der Waals surface area (Å²) in [6.07, 6.45) is 0. The smallest absolute Gasteiger partial charge is 0.155 e. The van der Waals surface area contributed by atoms with E-state index in [4.69, 9.17) is 9.52 Å². The highest BCUT2D eigenvalue weighted by molar-refractivity contribution is 5.92. The Morgan fingerprint density at radius 2 is 1.75 bits per heavy atom. The van der Waals surface area contributed by atoms with Crippen LogP contribution >= 0.6 is 0 Å². The number of para-hydroxylation sites is 1. The van der Waals surface area contributed by atoms with Gasteiger partial charge in [-0.2, -0.15) is 5.10 Å². The molecule has 0 fully saturated rings. The number of benzene rings is 2. The van der Waals surface area contributed by atoms with E-state index >= 15 is 0 Å². The largest absolute Gasteiger partial charge is 0.508 e. The summed E-state index contributed by atoms with van der Waals surface area (Å²) in [7, 11) is 0.